The number of methoxy groups -OCH3 is 2. The average molecular weight is 357 g/mol. The van der Waals surface area contributed by atoms with Gasteiger partial charge >= 0.3 is 23.8 Å². The van der Waals surface area contributed by atoms with Crippen molar-refractivity contribution >= 4 is 35.3 Å². The van der Waals surface area contributed by atoms with Gasteiger partial charge in [0.15, 0.2) is 0 Å². The van der Waals surface area contributed by atoms with E-state index in [1.807, 2.05) is 0 Å². The van der Waals surface area contributed by atoms with Gasteiger partial charge in [0.25, 0.3) is 0 Å². The van der Waals surface area contributed by atoms with E-state index in [1.165, 1.54) is 37.6 Å². The molecule has 2 rings (SSSR count). The van der Waals surface area contributed by atoms with Crippen molar-refractivity contribution in [2.45, 2.75) is 0 Å². The van der Waals surface area contributed by atoms with Crippen molar-refractivity contribution in [3.05, 3.63) is 53.7 Å². The zero-order chi connectivity index (χ0) is 19.1. The fourth-order valence-corrected chi connectivity index (χ4v) is 1.97. The molecule has 1 heterocycles. The molecule has 9 nitrogen and oxygen atoms in total. The molecule has 0 saturated heterocycles. The fraction of sp³-hybridized carbons (Fsp3) is 0.118. The molecule has 0 saturated carbocycles. The standard InChI is InChI=1S/C17H15N3O6/c1-25-16(23)10-6-7-11(17(24)26-2)12(9-10)19-14(21)15(22)20-13-5-3-4-8-18-13/h3-9H,1-2H3,(H,19,21)(H,18,20,22). The van der Waals surface area contributed by atoms with E-state index in [1.54, 1.807) is 12.1 Å². The van der Waals surface area contributed by atoms with Crippen LogP contribution in [0.25, 0.3) is 0 Å². The van der Waals surface area contributed by atoms with Gasteiger partial charge in [-0.2, -0.15) is 0 Å². The molecule has 2 aromatic rings. The van der Waals surface area contributed by atoms with Gasteiger partial charge in [-0.1, -0.05) is 6.07 Å². The molecule has 26 heavy (non-hydrogen) atoms. The minimum atomic E-state index is -1.05. The number of esters is 2. The van der Waals surface area contributed by atoms with Crippen LogP contribution in [-0.2, 0) is 19.1 Å². The van der Waals surface area contributed by atoms with E-state index in [2.05, 4.69) is 25.1 Å². The second-order valence-electron chi connectivity index (χ2n) is 4.87. The third-order valence-electron chi connectivity index (χ3n) is 3.21. The molecule has 9 heteroatoms. The fourth-order valence-electron chi connectivity index (χ4n) is 1.97. The van der Waals surface area contributed by atoms with Crippen LogP contribution in [0.3, 0.4) is 0 Å². The van der Waals surface area contributed by atoms with Crippen LogP contribution in [0.1, 0.15) is 20.7 Å². The lowest BCUT2D eigenvalue weighted by Crippen LogP contribution is -2.30. The number of hydrogen-bond donors (Lipinski definition) is 2. The number of anilines is 2. The van der Waals surface area contributed by atoms with Crippen molar-refractivity contribution in [3.8, 4) is 0 Å². The number of aromatic nitrogens is 1. The molecule has 0 atom stereocenters. The van der Waals surface area contributed by atoms with Crippen molar-refractivity contribution in [2.24, 2.45) is 0 Å². The van der Waals surface area contributed by atoms with Gasteiger partial charge in [-0.05, 0) is 30.3 Å². The predicted octanol–water partition coefficient (Wildman–Crippen LogP) is 1.23. The van der Waals surface area contributed by atoms with Crippen LogP contribution < -0.4 is 10.6 Å². The first-order valence-electron chi connectivity index (χ1n) is 7.30. The highest BCUT2D eigenvalue weighted by Crippen LogP contribution is 2.20. The zero-order valence-electron chi connectivity index (χ0n) is 13.9. The number of hydrogen-bond acceptors (Lipinski definition) is 7. The van der Waals surface area contributed by atoms with Gasteiger partial charge in [-0.15, -0.1) is 0 Å². The number of nitrogens with zero attached hydrogens (tertiary/aromatic N) is 1. The van der Waals surface area contributed by atoms with E-state index >= 15 is 0 Å². The second-order valence-corrected chi connectivity index (χ2v) is 4.87. The Morgan fingerprint density at radius 2 is 1.58 bits per heavy atom. The largest absolute Gasteiger partial charge is 0.465 e. The molecule has 0 aliphatic carbocycles. The Morgan fingerprint density at radius 1 is 0.885 bits per heavy atom. The number of benzene rings is 1. The van der Waals surface area contributed by atoms with Crippen LogP contribution in [0.5, 0.6) is 0 Å². The predicted molar refractivity (Wildman–Crippen MR) is 90.6 cm³/mol. The van der Waals surface area contributed by atoms with Gasteiger partial charge in [0, 0.05) is 6.20 Å². The highest BCUT2D eigenvalue weighted by atomic mass is 16.5. The molecule has 0 aliphatic rings. The van der Waals surface area contributed by atoms with Crippen molar-refractivity contribution in [3.63, 3.8) is 0 Å². The molecule has 0 fully saturated rings. The smallest absolute Gasteiger partial charge is 0.339 e. The molecule has 1 aromatic heterocycles. The summed E-state index contributed by atoms with van der Waals surface area (Å²) in [6, 6.07) is 8.62. The minimum Gasteiger partial charge on any atom is -0.465 e. The van der Waals surface area contributed by atoms with Crippen LogP contribution in [0.4, 0.5) is 11.5 Å². The molecule has 0 aliphatic heterocycles. The Balaban J connectivity index is 2.24. The van der Waals surface area contributed by atoms with Gasteiger partial charge in [-0.25, -0.2) is 14.6 Å². The molecule has 0 bridgehead atoms. The van der Waals surface area contributed by atoms with Gasteiger partial charge < -0.3 is 20.1 Å². The summed E-state index contributed by atoms with van der Waals surface area (Å²) in [5, 5.41) is 4.58. The number of ether oxygens (including phenoxy) is 2. The quantitative estimate of drug-likeness (QED) is 0.623. The molecule has 0 radical (unpaired) electrons. The van der Waals surface area contributed by atoms with Gasteiger partial charge in [0.05, 0.1) is 31.0 Å². The maximum atomic E-state index is 12.1. The van der Waals surface area contributed by atoms with Gasteiger partial charge in [-0.3, -0.25) is 9.59 Å². The highest BCUT2D eigenvalue weighted by molar-refractivity contribution is 6.43. The summed E-state index contributed by atoms with van der Waals surface area (Å²) in [7, 11) is 2.35. The van der Waals surface area contributed by atoms with Crippen LogP contribution in [0.15, 0.2) is 42.6 Å². The summed E-state index contributed by atoms with van der Waals surface area (Å²) in [4.78, 5) is 51.4. The summed E-state index contributed by atoms with van der Waals surface area (Å²) >= 11 is 0. The third kappa shape index (κ3) is 4.41. The van der Waals surface area contributed by atoms with Crippen molar-refractivity contribution in [1.82, 2.24) is 4.98 Å². The average Bonchev–Trinajstić information content (AvgIpc) is 2.67. The molecule has 134 valence electrons. The van der Waals surface area contributed by atoms with Crippen LogP contribution in [-0.4, -0.2) is 43.0 Å². The van der Waals surface area contributed by atoms with E-state index in [-0.39, 0.29) is 22.6 Å². The number of nitrogens with one attached hydrogen (secondary N) is 2. The Morgan fingerprint density at radius 3 is 2.19 bits per heavy atom. The first-order valence-corrected chi connectivity index (χ1v) is 7.30. The molecular weight excluding hydrogens is 342 g/mol. The van der Waals surface area contributed by atoms with E-state index in [9.17, 15) is 19.2 Å². The third-order valence-corrected chi connectivity index (χ3v) is 3.21. The number of carbonyl (C=O) groups excluding carboxylic acids is 4. The van der Waals surface area contributed by atoms with Gasteiger partial charge in [0.1, 0.15) is 5.82 Å². The van der Waals surface area contributed by atoms with E-state index in [0.717, 1.165) is 7.11 Å². The van der Waals surface area contributed by atoms with E-state index in [0.29, 0.717) is 0 Å². The van der Waals surface area contributed by atoms with Crippen molar-refractivity contribution in [2.75, 3.05) is 24.9 Å². The summed E-state index contributed by atoms with van der Waals surface area (Å²) in [6.45, 7) is 0. The van der Waals surface area contributed by atoms with Crippen LogP contribution in [0, 0.1) is 0 Å². The molecule has 1 aromatic carbocycles. The first-order chi connectivity index (χ1) is 12.5. The van der Waals surface area contributed by atoms with Crippen LogP contribution in [0.2, 0.25) is 0 Å². The molecule has 0 spiro atoms. The normalized spacial score (nSPS) is 9.77. The summed E-state index contributed by atoms with van der Waals surface area (Å²) in [5.74, 6) is -3.29. The number of rotatable bonds is 4. The van der Waals surface area contributed by atoms with E-state index < -0.39 is 23.8 Å². The lowest BCUT2D eigenvalue weighted by molar-refractivity contribution is -0.133. The maximum absolute atomic E-state index is 12.1. The van der Waals surface area contributed by atoms with Gasteiger partial charge in [0.2, 0.25) is 0 Å². The van der Waals surface area contributed by atoms with E-state index in [4.69, 9.17) is 0 Å². The maximum Gasteiger partial charge on any atom is 0.339 e. The lowest BCUT2D eigenvalue weighted by Gasteiger charge is -2.11. The number of carbonyl (C=O) groups is 4. The lowest BCUT2D eigenvalue weighted by atomic mass is 10.1. The SMILES string of the molecule is COC(=O)c1ccc(C(=O)OC)c(NC(=O)C(=O)Nc2ccccn2)c1. The monoisotopic (exact) mass is 357 g/mol. The first kappa shape index (κ1) is 18.6. The summed E-state index contributed by atoms with van der Waals surface area (Å²) < 4.78 is 9.22. The summed E-state index contributed by atoms with van der Waals surface area (Å²) in [6.07, 6.45) is 1.45. The molecular formula is C17H15N3O6. The topological polar surface area (TPSA) is 124 Å². The van der Waals surface area contributed by atoms with Crippen LogP contribution >= 0.6 is 0 Å². The zero-order valence-corrected chi connectivity index (χ0v) is 13.9. The molecule has 2 amide bonds. The van der Waals surface area contributed by atoms with Crippen molar-refractivity contribution < 1.29 is 28.7 Å². The number of amides is 2. The Bertz CT molecular complexity index is 851. The Labute approximate surface area is 148 Å². The van der Waals surface area contributed by atoms with Crippen molar-refractivity contribution in [1.29, 1.82) is 0 Å². The molecule has 0 unspecified atom stereocenters. The Hall–Kier alpha value is -3.75. The molecule has 2 N–H and O–H groups in total. The Kier molecular flexibility index (Phi) is 5.99. The highest BCUT2D eigenvalue weighted by Gasteiger charge is 2.20. The summed E-state index contributed by atoms with van der Waals surface area (Å²) in [5.41, 5.74) is -0.0133. The minimum absolute atomic E-state index is 0.0286. The number of pyridine rings is 1. The second kappa shape index (κ2) is 8.38.